The first-order valence-corrected chi connectivity index (χ1v) is 11.1. The Kier molecular flexibility index (Phi) is 7.21. The predicted molar refractivity (Wildman–Crippen MR) is 119 cm³/mol. The minimum atomic E-state index is -0.345. The number of nitrogens with zero attached hydrogens (tertiary/aromatic N) is 3. The summed E-state index contributed by atoms with van der Waals surface area (Å²) in [6.45, 7) is 3.62. The van der Waals surface area contributed by atoms with Gasteiger partial charge in [-0.05, 0) is 42.7 Å². The fourth-order valence-corrected chi connectivity index (χ4v) is 4.22. The van der Waals surface area contributed by atoms with E-state index in [1.807, 2.05) is 52.3 Å². The van der Waals surface area contributed by atoms with Crippen LogP contribution in [0.4, 0.5) is 4.79 Å². The third kappa shape index (κ3) is 5.19. The Labute approximate surface area is 188 Å². The molecular formula is C24H30N4O4. The van der Waals surface area contributed by atoms with Gasteiger partial charge in [0.2, 0.25) is 5.91 Å². The SMILES string of the molecule is COc1ccc(C(NC(=O)C2CCN(C(=O)N3CCOCC3)CC2)c2ccccn2)cc1. The number of ether oxygens (including phenoxy) is 2. The fourth-order valence-electron chi connectivity index (χ4n) is 4.22. The number of carbonyl (C=O) groups is 2. The third-order valence-corrected chi connectivity index (χ3v) is 6.14. The minimum Gasteiger partial charge on any atom is -0.497 e. The molecule has 32 heavy (non-hydrogen) atoms. The van der Waals surface area contributed by atoms with Crippen molar-refractivity contribution >= 4 is 11.9 Å². The Morgan fingerprint density at radius 2 is 1.72 bits per heavy atom. The number of hydrogen-bond acceptors (Lipinski definition) is 5. The third-order valence-electron chi connectivity index (χ3n) is 6.14. The first kappa shape index (κ1) is 22.1. The molecule has 0 spiro atoms. The molecule has 2 aromatic rings. The highest BCUT2D eigenvalue weighted by Gasteiger charge is 2.31. The molecule has 8 nitrogen and oxygen atoms in total. The smallest absolute Gasteiger partial charge is 0.320 e. The van der Waals surface area contributed by atoms with Crippen LogP contribution >= 0.6 is 0 Å². The molecule has 1 unspecified atom stereocenters. The highest BCUT2D eigenvalue weighted by Crippen LogP contribution is 2.25. The van der Waals surface area contributed by atoms with Crippen LogP contribution in [-0.2, 0) is 9.53 Å². The zero-order chi connectivity index (χ0) is 22.3. The Bertz CT molecular complexity index is 892. The van der Waals surface area contributed by atoms with E-state index in [1.54, 1.807) is 13.3 Å². The highest BCUT2D eigenvalue weighted by molar-refractivity contribution is 5.80. The van der Waals surface area contributed by atoms with Crippen molar-refractivity contribution in [3.8, 4) is 5.75 Å². The van der Waals surface area contributed by atoms with Gasteiger partial charge in [0.15, 0.2) is 0 Å². The zero-order valence-electron chi connectivity index (χ0n) is 18.4. The number of urea groups is 1. The number of likely N-dealkylation sites (tertiary alicyclic amines) is 1. The van der Waals surface area contributed by atoms with Crippen LogP contribution in [-0.4, -0.2) is 73.2 Å². The molecule has 2 aliphatic heterocycles. The molecule has 0 saturated carbocycles. The lowest BCUT2D eigenvalue weighted by atomic mass is 9.94. The number of carbonyl (C=O) groups excluding carboxylic acids is 2. The van der Waals surface area contributed by atoms with Crippen LogP contribution in [0.5, 0.6) is 5.75 Å². The molecule has 1 aromatic carbocycles. The number of hydrogen-bond donors (Lipinski definition) is 1. The van der Waals surface area contributed by atoms with Gasteiger partial charge in [-0.1, -0.05) is 18.2 Å². The first-order chi connectivity index (χ1) is 15.7. The molecule has 3 heterocycles. The van der Waals surface area contributed by atoms with E-state index in [0.717, 1.165) is 17.0 Å². The van der Waals surface area contributed by atoms with Crippen LogP contribution in [0, 0.1) is 5.92 Å². The maximum absolute atomic E-state index is 13.2. The quantitative estimate of drug-likeness (QED) is 0.775. The van der Waals surface area contributed by atoms with E-state index < -0.39 is 0 Å². The standard InChI is InChI=1S/C24H30N4O4/c1-31-20-7-5-18(6-8-20)22(21-4-2-3-11-25-21)26-23(29)19-9-12-27(13-10-19)24(30)28-14-16-32-17-15-28/h2-8,11,19,22H,9-10,12-17H2,1H3,(H,26,29). The number of benzene rings is 1. The molecule has 0 aliphatic carbocycles. The summed E-state index contributed by atoms with van der Waals surface area (Å²) in [5.41, 5.74) is 1.73. The summed E-state index contributed by atoms with van der Waals surface area (Å²) in [6, 6.07) is 13.1. The van der Waals surface area contributed by atoms with Crippen LogP contribution < -0.4 is 10.1 Å². The second-order valence-electron chi connectivity index (χ2n) is 8.11. The van der Waals surface area contributed by atoms with Crippen LogP contribution in [0.25, 0.3) is 0 Å². The summed E-state index contributed by atoms with van der Waals surface area (Å²) in [5, 5.41) is 3.19. The van der Waals surface area contributed by atoms with Gasteiger partial charge in [-0.25, -0.2) is 4.79 Å². The van der Waals surface area contributed by atoms with Crippen LogP contribution in [0.2, 0.25) is 0 Å². The van der Waals surface area contributed by atoms with Crippen molar-refractivity contribution in [2.75, 3.05) is 46.5 Å². The van der Waals surface area contributed by atoms with Gasteiger partial charge in [0.25, 0.3) is 0 Å². The highest BCUT2D eigenvalue weighted by atomic mass is 16.5. The van der Waals surface area contributed by atoms with Crippen molar-refractivity contribution in [1.82, 2.24) is 20.1 Å². The number of nitrogens with one attached hydrogen (secondary N) is 1. The van der Waals surface area contributed by atoms with Crippen molar-refractivity contribution in [1.29, 1.82) is 0 Å². The van der Waals surface area contributed by atoms with E-state index in [-0.39, 0.29) is 23.9 Å². The number of piperidine rings is 1. The molecule has 1 atom stereocenters. The molecule has 170 valence electrons. The van der Waals surface area contributed by atoms with E-state index in [0.29, 0.717) is 52.2 Å². The van der Waals surface area contributed by atoms with Crippen molar-refractivity contribution < 1.29 is 19.1 Å². The van der Waals surface area contributed by atoms with Crippen molar-refractivity contribution in [3.63, 3.8) is 0 Å². The maximum atomic E-state index is 13.2. The number of amides is 3. The Morgan fingerprint density at radius 3 is 2.34 bits per heavy atom. The monoisotopic (exact) mass is 438 g/mol. The van der Waals surface area contributed by atoms with E-state index in [2.05, 4.69) is 10.3 Å². The molecule has 8 heteroatoms. The molecule has 2 fully saturated rings. The Balaban J connectivity index is 1.39. The second kappa shape index (κ2) is 10.5. The molecule has 2 saturated heterocycles. The molecular weight excluding hydrogens is 408 g/mol. The van der Waals surface area contributed by atoms with Gasteiger partial charge in [0.05, 0.1) is 32.1 Å². The topological polar surface area (TPSA) is 84.0 Å². The van der Waals surface area contributed by atoms with Gasteiger partial charge in [0.1, 0.15) is 5.75 Å². The van der Waals surface area contributed by atoms with Crippen LogP contribution in [0.3, 0.4) is 0 Å². The van der Waals surface area contributed by atoms with Gasteiger partial charge in [-0.15, -0.1) is 0 Å². The van der Waals surface area contributed by atoms with E-state index in [4.69, 9.17) is 9.47 Å². The van der Waals surface area contributed by atoms with Crippen molar-refractivity contribution in [3.05, 3.63) is 59.9 Å². The number of methoxy groups -OCH3 is 1. The molecule has 0 bridgehead atoms. The Hall–Kier alpha value is -3.13. The minimum absolute atomic E-state index is 0.00468. The van der Waals surface area contributed by atoms with Gasteiger partial charge < -0.3 is 24.6 Å². The van der Waals surface area contributed by atoms with Gasteiger partial charge >= 0.3 is 6.03 Å². The van der Waals surface area contributed by atoms with E-state index in [1.165, 1.54) is 0 Å². The van der Waals surface area contributed by atoms with Gasteiger partial charge in [-0.3, -0.25) is 9.78 Å². The van der Waals surface area contributed by atoms with Crippen LogP contribution in [0.15, 0.2) is 48.7 Å². The summed E-state index contributed by atoms with van der Waals surface area (Å²) in [5.74, 6) is 0.625. The summed E-state index contributed by atoms with van der Waals surface area (Å²) < 4.78 is 10.6. The van der Waals surface area contributed by atoms with Gasteiger partial charge in [-0.2, -0.15) is 0 Å². The summed E-state index contributed by atoms with van der Waals surface area (Å²) in [4.78, 5) is 34.0. The average molecular weight is 439 g/mol. The zero-order valence-corrected chi connectivity index (χ0v) is 18.4. The maximum Gasteiger partial charge on any atom is 0.320 e. The predicted octanol–water partition coefficient (Wildman–Crippen LogP) is 2.46. The lowest BCUT2D eigenvalue weighted by Crippen LogP contribution is -2.51. The number of morpholine rings is 1. The molecule has 2 aliphatic rings. The molecule has 1 aromatic heterocycles. The summed E-state index contributed by atoms with van der Waals surface area (Å²) in [6.07, 6.45) is 3.03. The molecule has 1 N–H and O–H groups in total. The normalized spacial score (nSPS) is 18.2. The largest absolute Gasteiger partial charge is 0.497 e. The lowest BCUT2D eigenvalue weighted by Gasteiger charge is -2.37. The van der Waals surface area contributed by atoms with Crippen molar-refractivity contribution in [2.45, 2.75) is 18.9 Å². The van der Waals surface area contributed by atoms with Gasteiger partial charge in [0, 0.05) is 38.3 Å². The summed E-state index contributed by atoms with van der Waals surface area (Å²) >= 11 is 0. The number of pyridine rings is 1. The molecule has 4 rings (SSSR count). The fraction of sp³-hybridized carbons (Fsp3) is 0.458. The Morgan fingerprint density at radius 1 is 1.03 bits per heavy atom. The van der Waals surface area contributed by atoms with E-state index in [9.17, 15) is 9.59 Å². The average Bonchev–Trinajstić information content (AvgIpc) is 2.88. The summed E-state index contributed by atoms with van der Waals surface area (Å²) in [7, 11) is 1.63. The molecule has 3 amide bonds. The molecule has 0 radical (unpaired) electrons. The first-order valence-electron chi connectivity index (χ1n) is 11.1. The second-order valence-corrected chi connectivity index (χ2v) is 8.11. The lowest BCUT2D eigenvalue weighted by molar-refractivity contribution is -0.126. The van der Waals surface area contributed by atoms with Crippen molar-refractivity contribution in [2.24, 2.45) is 5.92 Å². The van der Waals surface area contributed by atoms with Crippen LogP contribution in [0.1, 0.15) is 30.1 Å². The number of aromatic nitrogens is 1. The van der Waals surface area contributed by atoms with E-state index >= 15 is 0 Å². The number of rotatable bonds is 5.